The summed E-state index contributed by atoms with van der Waals surface area (Å²) in [7, 11) is 0. The van der Waals surface area contributed by atoms with Crippen molar-refractivity contribution in [1.82, 2.24) is 4.90 Å². The average Bonchev–Trinajstić information content (AvgIpc) is 2.40. The van der Waals surface area contributed by atoms with Crippen LogP contribution in [0.2, 0.25) is 0 Å². The molecule has 1 fully saturated rings. The van der Waals surface area contributed by atoms with Crippen molar-refractivity contribution in [3.05, 3.63) is 23.8 Å². The highest BCUT2D eigenvalue weighted by Gasteiger charge is 2.16. The minimum atomic E-state index is 0.767. The van der Waals surface area contributed by atoms with Gasteiger partial charge in [0.05, 0.1) is 0 Å². The van der Waals surface area contributed by atoms with Gasteiger partial charge in [-0.3, -0.25) is 0 Å². The number of nitrogen functional groups attached to an aromatic ring is 1. The van der Waals surface area contributed by atoms with Crippen molar-refractivity contribution in [2.45, 2.75) is 45.6 Å². The van der Waals surface area contributed by atoms with Crippen molar-refractivity contribution < 1.29 is 0 Å². The number of hydrogen-bond acceptors (Lipinski definition) is 3. The first-order valence-electron chi connectivity index (χ1n) is 7.51. The zero-order chi connectivity index (χ0) is 13.7. The molecule has 1 aliphatic heterocycles. The zero-order valence-electron chi connectivity index (χ0n) is 12.3. The summed E-state index contributed by atoms with van der Waals surface area (Å²) in [4.78, 5) is 2.62. The highest BCUT2D eigenvalue weighted by atomic mass is 15.2. The van der Waals surface area contributed by atoms with Gasteiger partial charge in [-0.1, -0.05) is 12.5 Å². The molecule has 106 valence electrons. The van der Waals surface area contributed by atoms with Gasteiger partial charge in [-0.15, -0.1) is 0 Å². The second kappa shape index (κ2) is 6.80. The van der Waals surface area contributed by atoms with E-state index in [9.17, 15) is 0 Å². The van der Waals surface area contributed by atoms with Crippen molar-refractivity contribution >= 4 is 11.4 Å². The Labute approximate surface area is 117 Å². The van der Waals surface area contributed by atoms with Crippen LogP contribution < -0.4 is 11.1 Å². The molecule has 0 aromatic heterocycles. The first kappa shape index (κ1) is 14.2. The Bertz CT molecular complexity index is 403. The fraction of sp³-hybridized carbons (Fsp3) is 0.625. The molecule has 3 heteroatoms. The number of hydrogen-bond donors (Lipinski definition) is 2. The summed E-state index contributed by atoms with van der Waals surface area (Å²) in [6.07, 6.45) is 5.32. The van der Waals surface area contributed by atoms with Crippen LogP contribution in [0.15, 0.2) is 18.2 Å². The van der Waals surface area contributed by atoms with Gasteiger partial charge >= 0.3 is 0 Å². The van der Waals surface area contributed by atoms with E-state index in [1.54, 1.807) is 0 Å². The number of anilines is 2. The Hall–Kier alpha value is -1.22. The van der Waals surface area contributed by atoms with Crippen LogP contribution in [-0.2, 0) is 0 Å². The van der Waals surface area contributed by atoms with Crippen molar-refractivity contribution in [2.75, 3.05) is 30.7 Å². The standard InChI is InChI=1S/C16H27N3/c1-13-7-8-15(17)12-16(13)18-9-5-11-19-10-4-3-6-14(19)2/h7-8,12,14,18H,3-6,9-11,17H2,1-2H3. The molecule has 1 aliphatic rings. The van der Waals surface area contributed by atoms with Crippen LogP contribution in [0.4, 0.5) is 11.4 Å². The summed E-state index contributed by atoms with van der Waals surface area (Å²) in [5.41, 5.74) is 9.09. The van der Waals surface area contributed by atoms with E-state index >= 15 is 0 Å². The molecule has 0 radical (unpaired) electrons. The Morgan fingerprint density at radius 2 is 2.21 bits per heavy atom. The van der Waals surface area contributed by atoms with Gasteiger partial charge in [0.2, 0.25) is 0 Å². The SMILES string of the molecule is Cc1ccc(N)cc1NCCCN1CCCCC1C. The molecule has 0 spiro atoms. The number of piperidine rings is 1. The third-order valence-electron chi connectivity index (χ3n) is 4.14. The number of benzene rings is 1. The number of rotatable bonds is 5. The number of nitrogens with zero attached hydrogens (tertiary/aromatic N) is 1. The highest BCUT2D eigenvalue weighted by Crippen LogP contribution is 2.19. The molecule has 1 atom stereocenters. The van der Waals surface area contributed by atoms with E-state index in [2.05, 4.69) is 30.1 Å². The molecule has 1 heterocycles. The van der Waals surface area contributed by atoms with Crippen LogP contribution in [0.1, 0.15) is 38.2 Å². The van der Waals surface area contributed by atoms with Gasteiger partial charge in [0, 0.05) is 30.5 Å². The van der Waals surface area contributed by atoms with Crippen LogP contribution >= 0.6 is 0 Å². The topological polar surface area (TPSA) is 41.3 Å². The normalized spacial score (nSPS) is 20.4. The fourth-order valence-corrected chi connectivity index (χ4v) is 2.83. The molecule has 0 bridgehead atoms. The first-order chi connectivity index (χ1) is 9.16. The maximum Gasteiger partial charge on any atom is 0.0390 e. The molecular weight excluding hydrogens is 234 g/mol. The van der Waals surface area contributed by atoms with Gasteiger partial charge in [0.15, 0.2) is 0 Å². The Morgan fingerprint density at radius 3 is 3.00 bits per heavy atom. The van der Waals surface area contributed by atoms with E-state index in [1.165, 1.54) is 50.0 Å². The van der Waals surface area contributed by atoms with Crippen molar-refractivity contribution in [3.63, 3.8) is 0 Å². The monoisotopic (exact) mass is 261 g/mol. The first-order valence-corrected chi connectivity index (χ1v) is 7.51. The Balaban J connectivity index is 1.73. The maximum absolute atomic E-state index is 5.82. The number of nitrogens with one attached hydrogen (secondary N) is 1. The third kappa shape index (κ3) is 4.13. The molecule has 2 rings (SSSR count). The van der Waals surface area contributed by atoms with Gasteiger partial charge in [0.25, 0.3) is 0 Å². The van der Waals surface area contributed by atoms with E-state index in [0.717, 1.165) is 18.3 Å². The summed E-state index contributed by atoms with van der Waals surface area (Å²) in [5.74, 6) is 0. The summed E-state index contributed by atoms with van der Waals surface area (Å²) in [6, 6.07) is 6.82. The Morgan fingerprint density at radius 1 is 1.37 bits per heavy atom. The van der Waals surface area contributed by atoms with Gasteiger partial charge in [0.1, 0.15) is 0 Å². The molecule has 0 aliphatic carbocycles. The van der Waals surface area contributed by atoms with Gasteiger partial charge < -0.3 is 16.0 Å². The quantitative estimate of drug-likeness (QED) is 0.631. The second-order valence-corrected chi connectivity index (χ2v) is 5.74. The average molecular weight is 261 g/mol. The van der Waals surface area contributed by atoms with E-state index < -0.39 is 0 Å². The largest absolute Gasteiger partial charge is 0.399 e. The molecular formula is C16H27N3. The van der Waals surface area contributed by atoms with Crippen LogP contribution in [0.25, 0.3) is 0 Å². The van der Waals surface area contributed by atoms with E-state index in [1.807, 2.05) is 12.1 Å². The van der Waals surface area contributed by atoms with Crippen molar-refractivity contribution in [1.29, 1.82) is 0 Å². The zero-order valence-corrected chi connectivity index (χ0v) is 12.3. The smallest absolute Gasteiger partial charge is 0.0390 e. The minimum absolute atomic E-state index is 0.767. The highest BCUT2D eigenvalue weighted by molar-refractivity contribution is 5.59. The lowest BCUT2D eigenvalue weighted by Gasteiger charge is -2.33. The van der Waals surface area contributed by atoms with Gasteiger partial charge in [-0.25, -0.2) is 0 Å². The van der Waals surface area contributed by atoms with E-state index in [4.69, 9.17) is 5.73 Å². The van der Waals surface area contributed by atoms with Crippen LogP contribution in [-0.4, -0.2) is 30.6 Å². The minimum Gasteiger partial charge on any atom is -0.399 e. The molecule has 0 amide bonds. The maximum atomic E-state index is 5.82. The molecule has 0 saturated carbocycles. The van der Waals surface area contributed by atoms with Crippen LogP contribution in [0.5, 0.6) is 0 Å². The summed E-state index contributed by atoms with van der Waals surface area (Å²) >= 11 is 0. The van der Waals surface area contributed by atoms with Crippen LogP contribution in [0, 0.1) is 6.92 Å². The van der Waals surface area contributed by atoms with Crippen molar-refractivity contribution in [2.24, 2.45) is 0 Å². The number of likely N-dealkylation sites (tertiary alicyclic amines) is 1. The van der Waals surface area contributed by atoms with E-state index in [0.29, 0.717) is 0 Å². The summed E-state index contributed by atoms with van der Waals surface area (Å²) < 4.78 is 0. The summed E-state index contributed by atoms with van der Waals surface area (Å²) in [5, 5.41) is 3.50. The van der Waals surface area contributed by atoms with Gasteiger partial charge in [-0.05, 0) is 57.4 Å². The fourth-order valence-electron chi connectivity index (χ4n) is 2.83. The summed E-state index contributed by atoms with van der Waals surface area (Å²) in [6.45, 7) is 7.98. The molecule has 1 aromatic carbocycles. The third-order valence-corrected chi connectivity index (χ3v) is 4.14. The lowest BCUT2D eigenvalue weighted by Crippen LogP contribution is -2.38. The predicted molar refractivity (Wildman–Crippen MR) is 83.6 cm³/mol. The molecule has 3 nitrogen and oxygen atoms in total. The Kier molecular flexibility index (Phi) is 5.08. The van der Waals surface area contributed by atoms with Crippen LogP contribution in [0.3, 0.4) is 0 Å². The molecule has 3 N–H and O–H groups in total. The molecule has 1 unspecified atom stereocenters. The number of aryl methyl sites for hydroxylation is 1. The van der Waals surface area contributed by atoms with Crippen molar-refractivity contribution in [3.8, 4) is 0 Å². The molecule has 1 aromatic rings. The second-order valence-electron chi connectivity index (χ2n) is 5.74. The number of nitrogens with two attached hydrogens (primary N) is 1. The van der Waals surface area contributed by atoms with Gasteiger partial charge in [-0.2, -0.15) is 0 Å². The lowest BCUT2D eigenvalue weighted by molar-refractivity contribution is 0.160. The molecule has 19 heavy (non-hydrogen) atoms. The predicted octanol–water partition coefficient (Wildman–Crippen LogP) is 3.25. The van der Waals surface area contributed by atoms with E-state index in [-0.39, 0.29) is 0 Å². The molecule has 1 saturated heterocycles. The lowest BCUT2D eigenvalue weighted by atomic mass is 10.0.